The van der Waals surface area contributed by atoms with Gasteiger partial charge in [-0.2, -0.15) is 0 Å². The number of pyridine rings is 1. The van der Waals surface area contributed by atoms with Crippen LogP contribution < -0.4 is 16.0 Å². The van der Waals surface area contributed by atoms with E-state index in [4.69, 9.17) is 0 Å². The van der Waals surface area contributed by atoms with Crippen molar-refractivity contribution in [2.45, 2.75) is 13.0 Å². The Bertz CT molecular complexity index is 893. The lowest BCUT2D eigenvalue weighted by Crippen LogP contribution is -2.45. The standard InChI is InChI=1S/C17H15N5O4/c1-10-14(16(23)20-12-6-8-18-9-7-12)15(21-17(24)19-10)11-2-4-13(5-3-11)22(25)26/h2-9,15H,1H3,(H,18,20,23)(H2,19,21,24). The third kappa shape index (κ3) is 3.51. The van der Waals surface area contributed by atoms with E-state index in [2.05, 4.69) is 20.9 Å². The second-order valence-electron chi connectivity index (χ2n) is 5.61. The molecule has 3 rings (SSSR count). The summed E-state index contributed by atoms with van der Waals surface area (Å²) in [4.78, 5) is 38.8. The molecule has 3 amide bonds. The van der Waals surface area contributed by atoms with Crippen LogP contribution in [0.4, 0.5) is 16.2 Å². The van der Waals surface area contributed by atoms with Gasteiger partial charge in [0.1, 0.15) is 0 Å². The van der Waals surface area contributed by atoms with Gasteiger partial charge in [0.2, 0.25) is 0 Å². The molecule has 26 heavy (non-hydrogen) atoms. The Hall–Kier alpha value is -3.75. The Morgan fingerprint density at radius 3 is 2.46 bits per heavy atom. The molecule has 0 spiro atoms. The van der Waals surface area contributed by atoms with Gasteiger partial charge in [0.05, 0.1) is 16.5 Å². The minimum absolute atomic E-state index is 0.0718. The number of hydrogen-bond donors (Lipinski definition) is 3. The molecule has 0 radical (unpaired) electrons. The van der Waals surface area contributed by atoms with Gasteiger partial charge in [0.15, 0.2) is 0 Å². The van der Waals surface area contributed by atoms with Gasteiger partial charge in [-0.05, 0) is 36.8 Å². The molecule has 0 fully saturated rings. The van der Waals surface area contributed by atoms with Crippen LogP contribution in [0.1, 0.15) is 18.5 Å². The quantitative estimate of drug-likeness (QED) is 0.574. The first-order valence-corrected chi connectivity index (χ1v) is 7.69. The highest BCUT2D eigenvalue weighted by Crippen LogP contribution is 2.28. The zero-order valence-corrected chi connectivity index (χ0v) is 13.7. The van der Waals surface area contributed by atoms with Gasteiger partial charge in [0.25, 0.3) is 11.6 Å². The second-order valence-corrected chi connectivity index (χ2v) is 5.61. The van der Waals surface area contributed by atoms with Crippen molar-refractivity contribution < 1.29 is 14.5 Å². The van der Waals surface area contributed by atoms with E-state index in [1.54, 1.807) is 31.5 Å². The molecule has 1 atom stereocenters. The Morgan fingerprint density at radius 1 is 1.19 bits per heavy atom. The molecular weight excluding hydrogens is 338 g/mol. The fourth-order valence-electron chi connectivity index (χ4n) is 2.67. The maximum Gasteiger partial charge on any atom is 0.319 e. The molecule has 3 N–H and O–H groups in total. The predicted octanol–water partition coefficient (Wildman–Crippen LogP) is 2.26. The van der Waals surface area contributed by atoms with Crippen LogP contribution in [0.25, 0.3) is 0 Å². The van der Waals surface area contributed by atoms with Crippen LogP contribution in [0.3, 0.4) is 0 Å². The normalized spacial score (nSPS) is 16.5. The number of nitrogens with zero attached hydrogens (tertiary/aromatic N) is 2. The number of benzene rings is 1. The van der Waals surface area contributed by atoms with E-state index in [9.17, 15) is 19.7 Å². The number of amides is 3. The van der Waals surface area contributed by atoms with Crippen molar-refractivity contribution in [3.63, 3.8) is 0 Å². The van der Waals surface area contributed by atoms with Crippen molar-refractivity contribution in [1.82, 2.24) is 15.6 Å². The highest BCUT2D eigenvalue weighted by Gasteiger charge is 2.31. The number of allylic oxidation sites excluding steroid dienone is 1. The molecule has 1 unspecified atom stereocenters. The average molecular weight is 353 g/mol. The van der Waals surface area contributed by atoms with E-state index >= 15 is 0 Å². The number of rotatable bonds is 4. The van der Waals surface area contributed by atoms with Crippen LogP contribution in [-0.4, -0.2) is 21.8 Å². The van der Waals surface area contributed by atoms with E-state index in [1.165, 1.54) is 24.3 Å². The van der Waals surface area contributed by atoms with Gasteiger partial charge in [-0.1, -0.05) is 0 Å². The summed E-state index contributed by atoms with van der Waals surface area (Å²) in [5, 5.41) is 18.8. The molecule has 2 aromatic rings. The molecule has 0 saturated carbocycles. The number of nitrogens with one attached hydrogen (secondary N) is 3. The number of urea groups is 1. The number of carbonyl (C=O) groups excluding carboxylic acids is 2. The maximum atomic E-state index is 12.8. The Balaban J connectivity index is 1.93. The third-order valence-corrected chi connectivity index (χ3v) is 3.89. The fourth-order valence-corrected chi connectivity index (χ4v) is 2.67. The number of hydrogen-bond acceptors (Lipinski definition) is 5. The smallest absolute Gasteiger partial charge is 0.319 e. The van der Waals surface area contributed by atoms with Gasteiger partial charge in [-0.3, -0.25) is 19.9 Å². The van der Waals surface area contributed by atoms with Gasteiger partial charge < -0.3 is 16.0 Å². The third-order valence-electron chi connectivity index (χ3n) is 3.89. The molecular formula is C17H15N5O4. The van der Waals surface area contributed by atoms with Gasteiger partial charge in [0, 0.05) is 35.9 Å². The molecule has 9 nitrogen and oxygen atoms in total. The lowest BCUT2D eigenvalue weighted by Gasteiger charge is -2.28. The van der Waals surface area contributed by atoms with E-state index in [0.717, 1.165) is 0 Å². The Labute approximate surface area is 148 Å². The van der Waals surface area contributed by atoms with Crippen molar-refractivity contribution in [2.24, 2.45) is 0 Å². The largest absolute Gasteiger partial charge is 0.327 e. The first-order valence-electron chi connectivity index (χ1n) is 7.69. The van der Waals surface area contributed by atoms with Crippen molar-refractivity contribution >= 4 is 23.3 Å². The molecule has 0 bridgehead atoms. The molecule has 1 aliphatic heterocycles. The van der Waals surface area contributed by atoms with E-state index < -0.39 is 22.9 Å². The van der Waals surface area contributed by atoms with Gasteiger partial charge in [-0.25, -0.2) is 4.79 Å². The molecule has 132 valence electrons. The molecule has 0 aliphatic carbocycles. The summed E-state index contributed by atoms with van der Waals surface area (Å²) < 4.78 is 0. The van der Waals surface area contributed by atoms with Crippen LogP contribution in [-0.2, 0) is 4.79 Å². The number of nitro benzene ring substituents is 1. The fraction of sp³-hybridized carbons (Fsp3) is 0.118. The summed E-state index contributed by atoms with van der Waals surface area (Å²) in [6.45, 7) is 1.62. The SMILES string of the molecule is CC1=C(C(=O)Nc2ccncc2)C(c2ccc([N+](=O)[O-])cc2)NC(=O)N1. The van der Waals surface area contributed by atoms with Crippen LogP contribution in [0.2, 0.25) is 0 Å². The summed E-state index contributed by atoms with van der Waals surface area (Å²) in [5.41, 5.74) is 1.77. The first-order chi connectivity index (χ1) is 12.5. The zero-order valence-electron chi connectivity index (χ0n) is 13.7. The van der Waals surface area contributed by atoms with Crippen molar-refractivity contribution in [3.05, 3.63) is 75.7 Å². The number of anilines is 1. The van der Waals surface area contributed by atoms with Gasteiger partial charge in [-0.15, -0.1) is 0 Å². The molecule has 1 aliphatic rings. The zero-order chi connectivity index (χ0) is 18.7. The Kier molecular flexibility index (Phi) is 4.61. The average Bonchev–Trinajstić information content (AvgIpc) is 2.61. The van der Waals surface area contributed by atoms with Crippen LogP contribution in [0.15, 0.2) is 60.1 Å². The molecule has 9 heteroatoms. The van der Waals surface area contributed by atoms with E-state index in [-0.39, 0.29) is 5.69 Å². The van der Waals surface area contributed by atoms with Crippen LogP contribution >= 0.6 is 0 Å². The summed E-state index contributed by atoms with van der Waals surface area (Å²) >= 11 is 0. The van der Waals surface area contributed by atoms with Crippen molar-refractivity contribution in [3.8, 4) is 0 Å². The molecule has 1 aromatic heterocycles. The Morgan fingerprint density at radius 2 is 1.85 bits per heavy atom. The molecule has 2 heterocycles. The van der Waals surface area contributed by atoms with Gasteiger partial charge >= 0.3 is 6.03 Å². The van der Waals surface area contributed by atoms with Crippen molar-refractivity contribution in [1.29, 1.82) is 0 Å². The lowest BCUT2D eigenvalue weighted by atomic mass is 9.94. The lowest BCUT2D eigenvalue weighted by molar-refractivity contribution is -0.384. The van der Waals surface area contributed by atoms with Crippen LogP contribution in [0.5, 0.6) is 0 Å². The summed E-state index contributed by atoms with van der Waals surface area (Å²) in [7, 11) is 0. The number of aromatic nitrogens is 1. The van der Waals surface area contributed by atoms with E-state index in [1.807, 2.05) is 0 Å². The summed E-state index contributed by atoms with van der Waals surface area (Å²) in [6.07, 6.45) is 3.09. The maximum absolute atomic E-state index is 12.8. The topological polar surface area (TPSA) is 126 Å². The monoisotopic (exact) mass is 353 g/mol. The predicted molar refractivity (Wildman–Crippen MR) is 93.1 cm³/mol. The summed E-state index contributed by atoms with van der Waals surface area (Å²) in [5.74, 6) is -0.399. The highest BCUT2D eigenvalue weighted by molar-refractivity contribution is 6.06. The van der Waals surface area contributed by atoms with Crippen LogP contribution in [0, 0.1) is 10.1 Å². The molecule has 1 aromatic carbocycles. The summed E-state index contributed by atoms with van der Waals surface area (Å²) in [6, 6.07) is 7.79. The molecule has 0 saturated heterocycles. The van der Waals surface area contributed by atoms with Crippen molar-refractivity contribution in [2.75, 3.05) is 5.32 Å². The minimum Gasteiger partial charge on any atom is -0.327 e. The first kappa shape index (κ1) is 17.1. The number of carbonyl (C=O) groups is 2. The minimum atomic E-state index is -0.730. The highest BCUT2D eigenvalue weighted by atomic mass is 16.6. The number of non-ortho nitro benzene ring substituents is 1. The second kappa shape index (κ2) is 7.01. The van der Waals surface area contributed by atoms with E-state index in [0.29, 0.717) is 22.5 Å². The number of nitro groups is 1.